The summed E-state index contributed by atoms with van der Waals surface area (Å²) >= 11 is 0. The molecule has 2 aromatic rings. The number of fused-ring (bicyclic) bond motifs is 2. The third-order valence-electron chi connectivity index (χ3n) is 4.51. The van der Waals surface area contributed by atoms with E-state index in [1.807, 2.05) is 16.8 Å². The molecule has 1 amide bonds. The van der Waals surface area contributed by atoms with Crippen molar-refractivity contribution in [2.75, 3.05) is 0 Å². The van der Waals surface area contributed by atoms with Gasteiger partial charge in [-0.2, -0.15) is 0 Å². The summed E-state index contributed by atoms with van der Waals surface area (Å²) in [4.78, 5) is 21.1. The fourth-order valence-corrected chi connectivity index (χ4v) is 3.46. The average molecular weight is 282 g/mol. The van der Waals surface area contributed by atoms with Gasteiger partial charge in [0.25, 0.3) is 5.91 Å². The summed E-state index contributed by atoms with van der Waals surface area (Å²) in [6, 6.07) is 2.12. The van der Waals surface area contributed by atoms with Gasteiger partial charge in [-0.1, -0.05) is 0 Å². The molecule has 5 nitrogen and oxygen atoms in total. The van der Waals surface area contributed by atoms with E-state index < -0.39 is 0 Å². The topological polar surface area (TPSA) is 59.8 Å². The highest BCUT2D eigenvalue weighted by atomic mass is 16.2. The molecule has 0 unspecified atom stereocenters. The third kappa shape index (κ3) is 2.13. The third-order valence-corrected chi connectivity index (χ3v) is 4.51. The van der Waals surface area contributed by atoms with E-state index in [9.17, 15) is 4.79 Å². The van der Waals surface area contributed by atoms with Gasteiger partial charge in [0.2, 0.25) is 0 Å². The van der Waals surface area contributed by atoms with Gasteiger partial charge in [-0.25, -0.2) is 4.98 Å². The van der Waals surface area contributed by atoms with Gasteiger partial charge in [0.1, 0.15) is 11.5 Å². The fraction of sp³-hybridized carbons (Fsp3) is 0.438. The number of rotatable bonds is 2. The monoisotopic (exact) mass is 282 g/mol. The Morgan fingerprint density at radius 3 is 3.19 bits per heavy atom. The van der Waals surface area contributed by atoms with Crippen molar-refractivity contribution in [3.8, 4) is 0 Å². The number of nitrogens with one attached hydrogen (secondary N) is 1. The van der Waals surface area contributed by atoms with Gasteiger partial charge in [0, 0.05) is 25.4 Å². The summed E-state index contributed by atoms with van der Waals surface area (Å²) in [6.07, 6.45) is 10.6. The summed E-state index contributed by atoms with van der Waals surface area (Å²) in [5, 5.41) is 3.18. The van der Waals surface area contributed by atoms with Gasteiger partial charge in [-0.05, 0) is 42.9 Å². The van der Waals surface area contributed by atoms with Crippen LogP contribution in [0, 0.1) is 0 Å². The van der Waals surface area contributed by atoms with Gasteiger partial charge in [-0.15, -0.1) is 0 Å². The number of amides is 1. The van der Waals surface area contributed by atoms with E-state index in [0.717, 1.165) is 44.5 Å². The number of aromatic nitrogens is 3. The van der Waals surface area contributed by atoms with E-state index in [0.29, 0.717) is 5.69 Å². The maximum atomic E-state index is 12.6. The molecule has 108 valence electrons. The van der Waals surface area contributed by atoms with Crippen LogP contribution in [0.25, 0.3) is 0 Å². The van der Waals surface area contributed by atoms with Crippen molar-refractivity contribution in [3.63, 3.8) is 0 Å². The number of carbonyl (C=O) groups is 1. The molecular weight excluding hydrogens is 264 g/mol. The van der Waals surface area contributed by atoms with Gasteiger partial charge in [0.15, 0.2) is 0 Å². The average Bonchev–Trinajstić information content (AvgIpc) is 3.10. The molecule has 5 heteroatoms. The van der Waals surface area contributed by atoms with Crippen LogP contribution in [0.15, 0.2) is 24.7 Å². The molecule has 3 heterocycles. The standard InChI is InChI=1S/C16H18N4O/c21-16(14-10-18-15-5-2-8-20(14)15)19-13-4-1-3-11-9-17-7-6-12(11)13/h6-7,9-10,13H,1-5,8H2,(H,19,21)/t13-/m0/s1. The zero-order valence-electron chi connectivity index (χ0n) is 11.9. The maximum Gasteiger partial charge on any atom is 0.270 e. The van der Waals surface area contributed by atoms with E-state index in [4.69, 9.17) is 0 Å². The van der Waals surface area contributed by atoms with Gasteiger partial charge in [-0.3, -0.25) is 9.78 Å². The Morgan fingerprint density at radius 1 is 1.29 bits per heavy atom. The summed E-state index contributed by atoms with van der Waals surface area (Å²) < 4.78 is 2.05. The lowest BCUT2D eigenvalue weighted by Crippen LogP contribution is -2.32. The second kappa shape index (κ2) is 4.98. The molecular formula is C16H18N4O. The van der Waals surface area contributed by atoms with Gasteiger partial charge in [0.05, 0.1) is 12.2 Å². The van der Waals surface area contributed by atoms with Crippen molar-refractivity contribution in [2.45, 2.75) is 44.7 Å². The van der Waals surface area contributed by atoms with E-state index >= 15 is 0 Å². The fourth-order valence-electron chi connectivity index (χ4n) is 3.46. The van der Waals surface area contributed by atoms with Crippen molar-refractivity contribution >= 4 is 5.91 Å². The minimum absolute atomic E-state index is 0.00897. The summed E-state index contributed by atoms with van der Waals surface area (Å²) in [7, 11) is 0. The molecule has 0 bridgehead atoms. The Kier molecular flexibility index (Phi) is 2.98. The second-order valence-electron chi connectivity index (χ2n) is 5.81. The molecule has 1 N–H and O–H groups in total. The van der Waals surface area contributed by atoms with Crippen molar-refractivity contribution in [3.05, 3.63) is 47.3 Å². The van der Waals surface area contributed by atoms with Crippen LogP contribution in [-0.2, 0) is 19.4 Å². The largest absolute Gasteiger partial charge is 0.344 e. The number of nitrogens with zero attached hydrogens (tertiary/aromatic N) is 3. The first kappa shape index (κ1) is 12.6. The number of aryl methyl sites for hydroxylation is 2. The lowest BCUT2D eigenvalue weighted by atomic mass is 9.89. The molecule has 2 aromatic heterocycles. The van der Waals surface area contributed by atoms with Crippen LogP contribution in [0.4, 0.5) is 0 Å². The molecule has 1 atom stereocenters. The molecule has 0 fully saturated rings. The number of imidazole rings is 1. The molecule has 0 spiro atoms. The highest BCUT2D eigenvalue weighted by Gasteiger charge is 2.25. The highest BCUT2D eigenvalue weighted by molar-refractivity contribution is 5.92. The summed E-state index contributed by atoms with van der Waals surface area (Å²) in [6.45, 7) is 0.906. The van der Waals surface area contributed by atoms with E-state index in [-0.39, 0.29) is 11.9 Å². The highest BCUT2D eigenvalue weighted by Crippen LogP contribution is 2.29. The Morgan fingerprint density at radius 2 is 2.24 bits per heavy atom. The first-order valence-corrected chi connectivity index (χ1v) is 7.61. The minimum Gasteiger partial charge on any atom is -0.344 e. The smallest absolute Gasteiger partial charge is 0.270 e. The first-order chi connectivity index (χ1) is 10.3. The molecule has 2 aliphatic rings. The molecule has 0 saturated carbocycles. The maximum absolute atomic E-state index is 12.6. The molecule has 4 rings (SSSR count). The lowest BCUT2D eigenvalue weighted by molar-refractivity contribution is 0.0923. The first-order valence-electron chi connectivity index (χ1n) is 7.61. The number of pyridine rings is 1. The minimum atomic E-state index is -0.00897. The normalized spacial score (nSPS) is 19.9. The van der Waals surface area contributed by atoms with Crippen LogP contribution in [0.3, 0.4) is 0 Å². The molecule has 21 heavy (non-hydrogen) atoms. The van der Waals surface area contributed by atoms with Crippen LogP contribution in [0.5, 0.6) is 0 Å². The Bertz CT molecular complexity index is 691. The summed E-state index contributed by atoms with van der Waals surface area (Å²) in [5.41, 5.74) is 3.17. The summed E-state index contributed by atoms with van der Waals surface area (Å²) in [5.74, 6) is 1.03. The predicted octanol–water partition coefficient (Wildman–Crippen LogP) is 2.03. The second-order valence-corrected chi connectivity index (χ2v) is 5.81. The zero-order chi connectivity index (χ0) is 14.2. The molecule has 0 aromatic carbocycles. The van der Waals surface area contributed by atoms with Crippen LogP contribution in [0.2, 0.25) is 0 Å². The quantitative estimate of drug-likeness (QED) is 0.917. The number of carbonyl (C=O) groups excluding carboxylic acids is 1. The van der Waals surface area contributed by atoms with Crippen molar-refractivity contribution in [1.29, 1.82) is 0 Å². The van der Waals surface area contributed by atoms with E-state index in [1.165, 1.54) is 11.1 Å². The van der Waals surface area contributed by atoms with E-state index in [2.05, 4.69) is 15.3 Å². The molecule has 1 aliphatic carbocycles. The van der Waals surface area contributed by atoms with Crippen LogP contribution >= 0.6 is 0 Å². The SMILES string of the molecule is O=C(N[C@H]1CCCc2cnccc21)c1cnc2n1CCC2. The Balaban J connectivity index is 1.58. The van der Waals surface area contributed by atoms with E-state index in [1.54, 1.807) is 12.4 Å². The molecule has 0 saturated heterocycles. The zero-order valence-corrected chi connectivity index (χ0v) is 11.9. The van der Waals surface area contributed by atoms with Crippen molar-refractivity contribution < 1.29 is 4.79 Å². The van der Waals surface area contributed by atoms with Crippen LogP contribution in [-0.4, -0.2) is 20.4 Å². The van der Waals surface area contributed by atoms with Crippen molar-refractivity contribution in [2.24, 2.45) is 0 Å². The molecule has 0 radical (unpaired) electrons. The van der Waals surface area contributed by atoms with Gasteiger partial charge < -0.3 is 9.88 Å². The van der Waals surface area contributed by atoms with Crippen LogP contribution < -0.4 is 5.32 Å². The predicted molar refractivity (Wildman–Crippen MR) is 77.9 cm³/mol. The number of hydrogen-bond acceptors (Lipinski definition) is 3. The molecule has 1 aliphatic heterocycles. The van der Waals surface area contributed by atoms with Crippen molar-refractivity contribution in [1.82, 2.24) is 19.9 Å². The van der Waals surface area contributed by atoms with Gasteiger partial charge >= 0.3 is 0 Å². The Hall–Kier alpha value is -2.17. The van der Waals surface area contributed by atoms with Crippen LogP contribution in [0.1, 0.15) is 52.7 Å². The lowest BCUT2D eigenvalue weighted by Gasteiger charge is -2.26. The number of hydrogen-bond donors (Lipinski definition) is 1. The Labute approximate surface area is 123 Å².